The quantitative estimate of drug-likeness (QED) is 0.455. The summed E-state index contributed by atoms with van der Waals surface area (Å²) in [6.07, 6.45) is 4.38. The number of hydrogen-bond donors (Lipinski definition) is 3. The highest BCUT2D eigenvalue weighted by atomic mass is 16.5. The van der Waals surface area contributed by atoms with E-state index in [1.54, 1.807) is 0 Å². The largest absolute Gasteiger partial charge is 0.494 e. The summed E-state index contributed by atoms with van der Waals surface area (Å²) in [5.41, 5.74) is 10.0. The molecule has 6 nitrogen and oxygen atoms in total. The van der Waals surface area contributed by atoms with Crippen molar-refractivity contribution < 1.29 is 14.6 Å². The van der Waals surface area contributed by atoms with Gasteiger partial charge in [-0.05, 0) is 74.9 Å². The number of aromatic nitrogens is 1. The molecule has 0 atom stereocenters. The molecule has 4 rings (SSSR count). The Morgan fingerprint density at radius 3 is 2.67 bits per heavy atom. The minimum absolute atomic E-state index is 0.0204. The molecule has 1 aromatic heterocycles. The minimum atomic E-state index is -0.397. The van der Waals surface area contributed by atoms with E-state index in [9.17, 15) is 9.90 Å². The van der Waals surface area contributed by atoms with Gasteiger partial charge in [0, 0.05) is 29.1 Å². The molecule has 6 heteroatoms. The Balaban J connectivity index is 1.32. The number of nitrogens with zero attached hydrogens (tertiary/aromatic N) is 1. The van der Waals surface area contributed by atoms with Crippen LogP contribution in [0.1, 0.15) is 65.7 Å². The number of aliphatic hydroxyl groups is 1. The number of hydrogen-bond acceptors (Lipinski definition) is 5. The fourth-order valence-electron chi connectivity index (χ4n) is 4.85. The molecule has 1 aliphatic rings. The summed E-state index contributed by atoms with van der Waals surface area (Å²) in [5, 5.41) is 14.0. The van der Waals surface area contributed by atoms with Crippen molar-refractivity contribution in [2.75, 3.05) is 13.2 Å². The third-order valence-corrected chi connectivity index (χ3v) is 6.62. The smallest absolute Gasteiger partial charge is 0.249 e. The van der Waals surface area contributed by atoms with E-state index in [0.717, 1.165) is 72.2 Å². The maximum Gasteiger partial charge on any atom is 0.249 e. The number of nitrogens with two attached hydrogens (primary N) is 1. The SMILES string of the molecule is CCOc1ccc(CNCC2CCC(c3cc(C(N)=O)c4ccccc4n3)CC2)cc1CO. The van der Waals surface area contributed by atoms with Crippen LogP contribution in [-0.4, -0.2) is 29.1 Å². The van der Waals surface area contributed by atoms with Crippen LogP contribution in [0.2, 0.25) is 0 Å². The lowest BCUT2D eigenvalue weighted by Gasteiger charge is -2.29. The Bertz CT molecular complexity index is 1110. The summed E-state index contributed by atoms with van der Waals surface area (Å²) in [4.78, 5) is 16.8. The topological polar surface area (TPSA) is 97.5 Å². The molecule has 3 aromatic rings. The van der Waals surface area contributed by atoms with Crippen LogP contribution in [0.3, 0.4) is 0 Å². The van der Waals surface area contributed by atoms with Crippen molar-refractivity contribution in [2.24, 2.45) is 11.7 Å². The summed E-state index contributed by atoms with van der Waals surface area (Å²) in [5.74, 6) is 1.34. The number of nitrogens with one attached hydrogen (secondary N) is 1. The number of primary amides is 1. The Labute approximate surface area is 195 Å². The average Bonchev–Trinajstić information content (AvgIpc) is 2.84. The van der Waals surface area contributed by atoms with Gasteiger partial charge in [0.05, 0.1) is 24.3 Å². The Morgan fingerprint density at radius 2 is 1.94 bits per heavy atom. The molecule has 174 valence electrons. The van der Waals surface area contributed by atoms with Gasteiger partial charge in [-0.25, -0.2) is 0 Å². The highest BCUT2D eigenvalue weighted by molar-refractivity contribution is 6.05. The standard InChI is InChI=1S/C27H33N3O3/c1-2-33-26-12-9-19(13-21(26)17-31)16-29-15-18-7-10-20(11-8-18)25-14-23(27(28)32)22-5-3-4-6-24(22)30-25/h3-6,9,12-14,18,20,29,31H,2,7-8,10-11,15-17H2,1H3,(H2,28,32). The molecule has 33 heavy (non-hydrogen) atoms. The number of benzene rings is 2. The van der Waals surface area contributed by atoms with Gasteiger partial charge in [0.25, 0.3) is 0 Å². The first-order valence-corrected chi connectivity index (χ1v) is 11.8. The molecule has 4 N–H and O–H groups in total. The van der Waals surface area contributed by atoms with Crippen molar-refractivity contribution in [2.45, 2.75) is 51.7 Å². The fourth-order valence-corrected chi connectivity index (χ4v) is 4.85. The van der Waals surface area contributed by atoms with Crippen LogP contribution in [0.25, 0.3) is 10.9 Å². The number of carbonyl (C=O) groups is 1. The molecular weight excluding hydrogens is 414 g/mol. The second-order valence-corrected chi connectivity index (χ2v) is 8.86. The Kier molecular flexibility index (Phi) is 7.57. The molecule has 1 fully saturated rings. The molecule has 1 amide bonds. The molecule has 0 spiro atoms. The summed E-state index contributed by atoms with van der Waals surface area (Å²) in [6.45, 7) is 4.25. The molecule has 0 saturated heterocycles. The Hall–Kier alpha value is -2.96. The second-order valence-electron chi connectivity index (χ2n) is 8.86. The van der Waals surface area contributed by atoms with Crippen molar-refractivity contribution in [1.29, 1.82) is 0 Å². The highest BCUT2D eigenvalue weighted by Gasteiger charge is 2.24. The summed E-state index contributed by atoms with van der Waals surface area (Å²) in [7, 11) is 0. The van der Waals surface area contributed by atoms with Gasteiger partial charge in [-0.3, -0.25) is 9.78 Å². The number of para-hydroxylation sites is 1. The monoisotopic (exact) mass is 447 g/mol. The number of pyridine rings is 1. The summed E-state index contributed by atoms with van der Waals surface area (Å²) in [6, 6.07) is 15.6. The van der Waals surface area contributed by atoms with Crippen LogP contribution >= 0.6 is 0 Å². The van der Waals surface area contributed by atoms with Gasteiger partial charge in [-0.1, -0.05) is 24.3 Å². The Morgan fingerprint density at radius 1 is 1.15 bits per heavy atom. The van der Waals surface area contributed by atoms with E-state index in [1.165, 1.54) is 0 Å². The van der Waals surface area contributed by atoms with Gasteiger partial charge in [0.15, 0.2) is 0 Å². The van der Waals surface area contributed by atoms with Gasteiger partial charge in [0.1, 0.15) is 5.75 Å². The predicted molar refractivity (Wildman–Crippen MR) is 130 cm³/mol. The lowest BCUT2D eigenvalue weighted by Crippen LogP contribution is -2.26. The average molecular weight is 448 g/mol. The fraction of sp³-hybridized carbons (Fsp3) is 0.407. The van der Waals surface area contributed by atoms with Gasteiger partial charge >= 0.3 is 0 Å². The van der Waals surface area contributed by atoms with Gasteiger partial charge < -0.3 is 20.9 Å². The molecule has 0 aliphatic heterocycles. The van der Waals surface area contributed by atoms with E-state index >= 15 is 0 Å². The molecule has 2 aromatic carbocycles. The van der Waals surface area contributed by atoms with E-state index < -0.39 is 5.91 Å². The molecule has 0 unspecified atom stereocenters. The zero-order chi connectivity index (χ0) is 23.2. The van der Waals surface area contributed by atoms with Crippen LogP contribution < -0.4 is 15.8 Å². The third-order valence-electron chi connectivity index (χ3n) is 6.62. The van der Waals surface area contributed by atoms with Gasteiger partial charge in [-0.2, -0.15) is 0 Å². The third kappa shape index (κ3) is 5.52. The number of fused-ring (bicyclic) bond motifs is 1. The lowest BCUT2D eigenvalue weighted by atomic mass is 9.80. The summed E-state index contributed by atoms with van der Waals surface area (Å²) < 4.78 is 5.56. The molecule has 0 radical (unpaired) electrons. The number of carbonyl (C=O) groups excluding carboxylic acids is 1. The predicted octanol–water partition coefficient (Wildman–Crippen LogP) is 4.29. The number of rotatable bonds is 9. The van der Waals surface area contributed by atoms with Crippen molar-refractivity contribution in [1.82, 2.24) is 10.3 Å². The highest BCUT2D eigenvalue weighted by Crippen LogP contribution is 2.36. The van der Waals surface area contributed by atoms with Crippen LogP contribution in [0.4, 0.5) is 0 Å². The van der Waals surface area contributed by atoms with Crippen molar-refractivity contribution in [3.63, 3.8) is 0 Å². The molecule has 1 heterocycles. The molecule has 1 aliphatic carbocycles. The van der Waals surface area contributed by atoms with E-state index in [2.05, 4.69) is 11.4 Å². The molecule has 0 bridgehead atoms. The molecule has 1 saturated carbocycles. The van der Waals surface area contributed by atoms with E-state index in [-0.39, 0.29) is 6.61 Å². The first kappa shape index (κ1) is 23.2. The maximum atomic E-state index is 12.0. The van der Waals surface area contributed by atoms with Crippen LogP contribution in [0, 0.1) is 5.92 Å². The second kappa shape index (κ2) is 10.8. The van der Waals surface area contributed by atoms with Crippen molar-refractivity contribution in [3.05, 3.63) is 70.9 Å². The van der Waals surface area contributed by atoms with Gasteiger partial charge in [0.2, 0.25) is 5.91 Å². The normalized spacial score (nSPS) is 18.4. The first-order chi connectivity index (χ1) is 16.1. The summed E-state index contributed by atoms with van der Waals surface area (Å²) >= 11 is 0. The van der Waals surface area contributed by atoms with Crippen LogP contribution in [0.15, 0.2) is 48.5 Å². The van der Waals surface area contributed by atoms with E-state index in [0.29, 0.717) is 24.0 Å². The number of ether oxygens (including phenoxy) is 1. The van der Waals surface area contributed by atoms with Crippen LogP contribution in [0.5, 0.6) is 5.75 Å². The van der Waals surface area contributed by atoms with E-state index in [4.69, 9.17) is 15.5 Å². The maximum absolute atomic E-state index is 12.0. The van der Waals surface area contributed by atoms with Crippen LogP contribution in [-0.2, 0) is 13.2 Å². The van der Waals surface area contributed by atoms with E-state index in [1.807, 2.05) is 49.4 Å². The number of amides is 1. The van der Waals surface area contributed by atoms with Crippen molar-refractivity contribution >= 4 is 16.8 Å². The zero-order valence-electron chi connectivity index (χ0n) is 19.2. The molecular formula is C27H33N3O3. The van der Waals surface area contributed by atoms with Crippen molar-refractivity contribution in [3.8, 4) is 5.75 Å². The first-order valence-electron chi connectivity index (χ1n) is 11.8. The van der Waals surface area contributed by atoms with Gasteiger partial charge in [-0.15, -0.1) is 0 Å². The lowest BCUT2D eigenvalue weighted by molar-refractivity contribution is 0.100. The minimum Gasteiger partial charge on any atom is -0.494 e. The zero-order valence-corrected chi connectivity index (χ0v) is 19.2. The number of aliphatic hydroxyl groups excluding tert-OH is 1.